The van der Waals surface area contributed by atoms with Gasteiger partial charge in [0.25, 0.3) is 5.82 Å². The van der Waals surface area contributed by atoms with E-state index in [1.807, 2.05) is 43.0 Å². The summed E-state index contributed by atoms with van der Waals surface area (Å²) in [6.45, 7) is 6.44. The first kappa shape index (κ1) is 40.2. The minimum atomic E-state index is -0.679. The van der Waals surface area contributed by atoms with Gasteiger partial charge in [0.05, 0.1) is 32.2 Å². The minimum Gasteiger partial charge on any atom is -0.453 e. The predicted octanol–water partition coefficient (Wildman–Crippen LogP) is 7.33. The fourth-order valence-corrected chi connectivity index (χ4v) is 10.1. The highest BCUT2D eigenvalue weighted by molar-refractivity contribution is 5.91. The molecule has 14 nitrogen and oxygen atoms in total. The van der Waals surface area contributed by atoms with Crippen LogP contribution in [0.1, 0.15) is 89.4 Å². The molecule has 4 fully saturated rings. The van der Waals surface area contributed by atoms with Crippen molar-refractivity contribution in [3.63, 3.8) is 0 Å². The third kappa shape index (κ3) is 7.61. The van der Waals surface area contributed by atoms with E-state index in [0.717, 1.165) is 94.6 Å². The smallest absolute Gasteiger partial charge is 0.407 e. The number of carbonyl (C=O) groups is 4. The third-order valence-electron chi connectivity index (χ3n) is 13.7. The summed E-state index contributed by atoms with van der Waals surface area (Å²) >= 11 is 0. The van der Waals surface area contributed by atoms with Crippen LogP contribution < -0.4 is 15.6 Å². The molecule has 4 heterocycles. The molecular weight excluding hydrogens is 773 g/mol. The zero-order chi connectivity index (χ0) is 42.6. The van der Waals surface area contributed by atoms with E-state index in [-0.39, 0.29) is 41.3 Å². The average molecular weight is 828 g/mol. The zero-order valence-corrected chi connectivity index (χ0v) is 35.4. The molecule has 9 rings (SSSR count). The number of piperidine rings is 1. The van der Waals surface area contributed by atoms with Crippen molar-refractivity contribution in [3.8, 4) is 33.6 Å². The number of benzene rings is 3. The number of alkyl carbamates (subject to hydrolysis) is 2. The maximum atomic E-state index is 14.0. The van der Waals surface area contributed by atoms with Crippen molar-refractivity contribution in [2.45, 2.75) is 95.9 Å². The van der Waals surface area contributed by atoms with E-state index < -0.39 is 24.3 Å². The fraction of sp³-hybridized carbons (Fsp3) is 0.447. The van der Waals surface area contributed by atoms with Crippen molar-refractivity contribution in [3.05, 3.63) is 84.7 Å². The number of likely N-dealkylation sites (tertiary alicyclic amines) is 2. The Kier molecular flexibility index (Phi) is 10.6. The van der Waals surface area contributed by atoms with Crippen LogP contribution in [0.2, 0.25) is 0 Å². The van der Waals surface area contributed by atoms with Crippen molar-refractivity contribution < 1.29 is 33.6 Å². The van der Waals surface area contributed by atoms with Gasteiger partial charge in [-0.15, -0.1) is 0 Å². The topological polar surface area (TPSA) is 176 Å². The second-order valence-electron chi connectivity index (χ2n) is 17.8. The molecular formula is C47H55N8O6+. The quantitative estimate of drug-likeness (QED) is 0.108. The van der Waals surface area contributed by atoms with Crippen LogP contribution in [0.3, 0.4) is 0 Å². The lowest BCUT2D eigenvalue weighted by Gasteiger charge is -2.37. The predicted molar refractivity (Wildman–Crippen MR) is 229 cm³/mol. The molecule has 318 valence electrons. The molecule has 0 radical (unpaired) electrons. The Balaban J connectivity index is 0.891. The van der Waals surface area contributed by atoms with Gasteiger partial charge >= 0.3 is 12.2 Å². The number of nitrogens with zero attached hydrogens (tertiary/aromatic N) is 3. The molecule has 1 spiro atoms. The maximum Gasteiger partial charge on any atom is 0.407 e. The first-order chi connectivity index (χ1) is 29.5. The summed E-state index contributed by atoms with van der Waals surface area (Å²) < 4.78 is 9.61. The number of H-pyrrole nitrogens is 3. The van der Waals surface area contributed by atoms with Crippen molar-refractivity contribution in [1.29, 1.82) is 0 Å². The first-order valence-corrected chi connectivity index (χ1v) is 21.6. The van der Waals surface area contributed by atoms with E-state index in [4.69, 9.17) is 14.5 Å². The van der Waals surface area contributed by atoms with Gasteiger partial charge in [-0.3, -0.25) is 9.59 Å². The van der Waals surface area contributed by atoms with E-state index in [2.05, 4.69) is 86.2 Å². The Bertz CT molecular complexity index is 2470. The highest BCUT2D eigenvalue weighted by Crippen LogP contribution is 2.58. The average Bonchev–Trinajstić information content (AvgIpc) is 3.91. The van der Waals surface area contributed by atoms with Crippen LogP contribution in [-0.2, 0) is 19.1 Å². The van der Waals surface area contributed by atoms with Crippen LogP contribution in [0.4, 0.5) is 9.59 Å². The Morgan fingerprint density at radius 3 is 2.21 bits per heavy atom. The van der Waals surface area contributed by atoms with E-state index in [1.165, 1.54) is 14.2 Å². The van der Waals surface area contributed by atoms with Gasteiger partial charge in [0, 0.05) is 18.2 Å². The molecule has 2 saturated carbocycles. The Morgan fingerprint density at radius 1 is 0.852 bits per heavy atom. The number of nitrogens with one attached hydrogen (secondary N) is 5. The number of methoxy groups -OCH3 is 2. The molecule has 2 aliphatic carbocycles. The molecule has 2 bridgehead atoms. The molecule has 2 aromatic heterocycles. The lowest BCUT2D eigenvalue weighted by molar-refractivity contribution is -0.393. The molecule has 5 aromatic rings. The summed E-state index contributed by atoms with van der Waals surface area (Å²) in [6.07, 6.45) is 9.12. The number of hydrogen-bond acceptors (Lipinski definition) is 7. The van der Waals surface area contributed by atoms with Crippen molar-refractivity contribution >= 4 is 34.8 Å². The molecule has 6 atom stereocenters. The van der Waals surface area contributed by atoms with Crippen LogP contribution in [0.25, 0.3) is 44.4 Å². The van der Waals surface area contributed by atoms with Crippen molar-refractivity contribution in [2.24, 2.45) is 17.3 Å². The van der Waals surface area contributed by atoms with Crippen molar-refractivity contribution in [1.82, 2.24) is 35.4 Å². The van der Waals surface area contributed by atoms with E-state index >= 15 is 0 Å². The number of carbonyl (C=O) groups excluding carboxylic acids is 4. The van der Waals surface area contributed by atoms with Gasteiger partial charge < -0.3 is 34.9 Å². The zero-order valence-electron chi connectivity index (χ0n) is 35.4. The van der Waals surface area contributed by atoms with E-state index in [1.54, 1.807) is 0 Å². The summed E-state index contributed by atoms with van der Waals surface area (Å²) in [7, 11) is 2.62. The third-order valence-corrected chi connectivity index (χ3v) is 13.7. The normalized spacial score (nSPS) is 22.1. The second-order valence-corrected chi connectivity index (χ2v) is 17.8. The van der Waals surface area contributed by atoms with Crippen LogP contribution in [0.5, 0.6) is 0 Å². The fourth-order valence-electron chi connectivity index (χ4n) is 10.1. The van der Waals surface area contributed by atoms with Crippen LogP contribution in [0.15, 0.2) is 73.1 Å². The van der Waals surface area contributed by atoms with E-state index in [0.29, 0.717) is 18.9 Å². The first-order valence-electron chi connectivity index (χ1n) is 21.6. The molecule has 2 aliphatic heterocycles. The van der Waals surface area contributed by atoms with Crippen LogP contribution >= 0.6 is 0 Å². The number of fused-ring (bicyclic) bond motifs is 3. The van der Waals surface area contributed by atoms with Gasteiger partial charge in [-0.25, -0.2) is 24.5 Å². The highest BCUT2D eigenvalue weighted by Gasteiger charge is 2.56. The maximum absolute atomic E-state index is 14.0. The van der Waals surface area contributed by atoms with Crippen LogP contribution in [0, 0.1) is 17.3 Å². The van der Waals surface area contributed by atoms with Crippen molar-refractivity contribution in [2.75, 3.05) is 20.8 Å². The minimum absolute atomic E-state index is 0.0850. The lowest BCUT2D eigenvalue weighted by Crippen LogP contribution is -2.54. The SMILES string of the molecule is CC[C@H](NC(=O)OC)C(=O)N1CC2(CC2)C[C@H]1c1[nH]c(-c2ccc3cc(-c4ccc(-c5cnc([C@@H]6[C@H]7CC[C@H](C7)N6C(=O)[C@@H](NC(=O)OC)C(C)C)[nH]5)cc4)ccc3c2)c[nH+]1. The second kappa shape index (κ2) is 16.0. The molecule has 5 N–H and O–H groups in total. The molecule has 4 aliphatic rings. The number of imidazole rings is 2. The molecule has 2 saturated heterocycles. The monoisotopic (exact) mass is 827 g/mol. The van der Waals surface area contributed by atoms with E-state index in [9.17, 15) is 19.2 Å². The summed E-state index contributed by atoms with van der Waals surface area (Å²) in [6, 6.07) is 19.9. The number of ether oxygens (including phenoxy) is 2. The van der Waals surface area contributed by atoms with Gasteiger partial charge in [-0.1, -0.05) is 63.2 Å². The molecule has 0 unspecified atom stereocenters. The number of hydrogen-bond donors (Lipinski definition) is 4. The Morgan fingerprint density at radius 2 is 1.52 bits per heavy atom. The summed E-state index contributed by atoms with van der Waals surface area (Å²) in [5, 5.41) is 7.71. The summed E-state index contributed by atoms with van der Waals surface area (Å²) in [5.74, 6) is 1.71. The van der Waals surface area contributed by atoms with Gasteiger partial charge in [0.2, 0.25) is 11.8 Å². The van der Waals surface area contributed by atoms with Crippen LogP contribution in [-0.4, -0.2) is 87.6 Å². The number of rotatable bonds is 11. The highest BCUT2D eigenvalue weighted by atomic mass is 16.5. The Labute approximate surface area is 355 Å². The van der Waals surface area contributed by atoms with Gasteiger partial charge in [0.15, 0.2) is 5.69 Å². The Hall–Kier alpha value is -6.18. The van der Waals surface area contributed by atoms with Gasteiger partial charge in [0.1, 0.15) is 30.1 Å². The number of amides is 4. The lowest BCUT2D eigenvalue weighted by atomic mass is 9.95. The number of aromatic nitrogens is 4. The van der Waals surface area contributed by atoms with Gasteiger partial charge in [-0.2, -0.15) is 0 Å². The number of aromatic amines is 3. The summed E-state index contributed by atoms with van der Waals surface area (Å²) in [4.78, 5) is 71.1. The largest absolute Gasteiger partial charge is 0.453 e. The molecule has 14 heteroatoms. The van der Waals surface area contributed by atoms with Gasteiger partial charge in [-0.05, 0) is 108 Å². The standard InChI is InChI=1S/C47H54N8O6/c1-6-35(52-45(58)60-4)43(56)54-25-47(17-18-47)22-38(54)41-48-24-37(50-41)32-14-13-30-19-29(11-12-31(30)20-32)27-7-9-28(10-8-27)36-23-49-42(51-36)40-33-15-16-34(21-33)55(40)44(57)39(26(2)3)53-46(59)61-5/h7-14,19-20,23-24,26,33-35,38-40H,6,15-18,21-22,25H2,1-5H3,(H,48,50)(H,49,51)(H,52,58)(H,53,59)/p+1/t33-,34+,35-,38-,39-,40-/m0/s1. The molecule has 61 heavy (non-hydrogen) atoms. The molecule has 4 amide bonds. The summed E-state index contributed by atoms with van der Waals surface area (Å²) in [5.41, 5.74) is 6.23. The molecule has 3 aromatic carbocycles.